The predicted octanol–water partition coefficient (Wildman–Crippen LogP) is 2.66. The van der Waals surface area contributed by atoms with Gasteiger partial charge in [0.05, 0.1) is 5.69 Å². The SMILES string of the molecule is CCc1nn(C)c(NC(=O)[C@@H]2CCCC[C@@H]2C(=O)N2CCCC2)c1C. The van der Waals surface area contributed by atoms with Gasteiger partial charge in [0.1, 0.15) is 5.82 Å². The molecular formula is C19H30N4O2. The van der Waals surface area contributed by atoms with Crippen LogP contribution in [0.25, 0.3) is 0 Å². The zero-order chi connectivity index (χ0) is 18.0. The third kappa shape index (κ3) is 3.58. The molecule has 25 heavy (non-hydrogen) atoms. The van der Waals surface area contributed by atoms with Gasteiger partial charge in [0.25, 0.3) is 0 Å². The molecule has 0 unspecified atom stereocenters. The van der Waals surface area contributed by atoms with Gasteiger partial charge in [-0.2, -0.15) is 5.10 Å². The standard InChI is InChI=1S/C19H30N4O2/c1-4-16-13(2)17(22(3)21-16)20-18(24)14-9-5-6-10-15(14)19(25)23-11-7-8-12-23/h14-15H,4-12H2,1-3H3,(H,20,24)/t14-,15+/m1/s1. The molecule has 1 N–H and O–H groups in total. The molecule has 1 aliphatic heterocycles. The summed E-state index contributed by atoms with van der Waals surface area (Å²) in [6, 6.07) is 0. The number of amides is 2. The molecule has 3 rings (SSSR count). The van der Waals surface area contributed by atoms with Crippen LogP contribution in [-0.4, -0.2) is 39.6 Å². The molecule has 2 atom stereocenters. The summed E-state index contributed by atoms with van der Waals surface area (Å²) in [7, 11) is 1.86. The fraction of sp³-hybridized carbons (Fsp3) is 0.737. The maximum absolute atomic E-state index is 13.0. The molecule has 0 aromatic carbocycles. The zero-order valence-electron chi connectivity index (χ0n) is 15.7. The lowest BCUT2D eigenvalue weighted by molar-refractivity contribution is -0.141. The lowest BCUT2D eigenvalue weighted by Crippen LogP contribution is -2.43. The summed E-state index contributed by atoms with van der Waals surface area (Å²) in [6.07, 6.45) is 6.71. The van der Waals surface area contributed by atoms with Gasteiger partial charge in [-0.1, -0.05) is 19.8 Å². The van der Waals surface area contributed by atoms with Crippen LogP contribution >= 0.6 is 0 Å². The summed E-state index contributed by atoms with van der Waals surface area (Å²) >= 11 is 0. The number of carbonyl (C=O) groups is 2. The average molecular weight is 346 g/mol. The zero-order valence-corrected chi connectivity index (χ0v) is 15.7. The van der Waals surface area contributed by atoms with Gasteiger partial charge in [0, 0.05) is 37.5 Å². The first-order valence-electron chi connectivity index (χ1n) is 9.65. The second-order valence-electron chi connectivity index (χ2n) is 7.42. The summed E-state index contributed by atoms with van der Waals surface area (Å²) in [6.45, 7) is 5.76. The second-order valence-corrected chi connectivity index (χ2v) is 7.42. The van der Waals surface area contributed by atoms with Crippen molar-refractivity contribution in [3.63, 3.8) is 0 Å². The molecule has 1 saturated heterocycles. The lowest BCUT2D eigenvalue weighted by Gasteiger charge is -2.32. The Bertz CT molecular complexity index is 646. The van der Waals surface area contributed by atoms with Crippen LogP contribution in [0, 0.1) is 18.8 Å². The van der Waals surface area contributed by atoms with Crippen LogP contribution < -0.4 is 5.32 Å². The van der Waals surface area contributed by atoms with Crippen LogP contribution in [0.3, 0.4) is 0 Å². The van der Waals surface area contributed by atoms with Crippen molar-refractivity contribution in [2.75, 3.05) is 18.4 Å². The first-order valence-corrected chi connectivity index (χ1v) is 9.65. The Kier molecular flexibility index (Phi) is 5.45. The van der Waals surface area contributed by atoms with Crippen LogP contribution in [0.5, 0.6) is 0 Å². The third-order valence-corrected chi connectivity index (χ3v) is 5.80. The number of rotatable bonds is 4. The fourth-order valence-corrected chi connectivity index (χ4v) is 4.32. The quantitative estimate of drug-likeness (QED) is 0.911. The number of likely N-dealkylation sites (tertiary alicyclic amines) is 1. The number of aromatic nitrogens is 2. The molecule has 2 fully saturated rings. The van der Waals surface area contributed by atoms with Crippen molar-refractivity contribution in [3.8, 4) is 0 Å². The smallest absolute Gasteiger partial charge is 0.229 e. The van der Waals surface area contributed by atoms with E-state index < -0.39 is 0 Å². The van der Waals surface area contributed by atoms with Crippen molar-refractivity contribution in [1.29, 1.82) is 0 Å². The van der Waals surface area contributed by atoms with Gasteiger partial charge in [-0.3, -0.25) is 14.3 Å². The van der Waals surface area contributed by atoms with Crippen molar-refractivity contribution >= 4 is 17.6 Å². The van der Waals surface area contributed by atoms with Gasteiger partial charge >= 0.3 is 0 Å². The first kappa shape index (κ1) is 18.0. The van der Waals surface area contributed by atoms with E-state index in [0.717, 1.165) is 75.1 Å². The number of carbonyl (C=O) groups excluding carboxylic acids is 2. The van der Waals surface area contributed by atoms with Crippen LogP contribution in [0.1, 0.15) is 56.7 Å². The summed E-state index contributed by atoms with van der Waals surface area (Å²) < 4.78 is 1.74. The van der Waals surface area contributed by atoms with Gasteiger partial charge in [-0.25, -0.2) is 0 Å². The number of nitrogens with zero attached hydrogens (tertiary/aromatic N) is 3. The van der Waals surface area contributed by atoms with Gasteiger partial charge in [-0.15, -0.1) is 0 Å². The fourth-order valence-electron chi connectivity index (χ4n) is 4.32. The molecule has 0 bridgehead atoms. The Hall–Kier alpha value is -1.85. The molecule has 1 aromatic heterocycles. The van der Waals surface area contributed by atoms with E-state index in [4.69, 9.17) is 0 Å². The number of anilines is 1. The molecule has 1 aromatic rings. The van der Waals surface area contributed by atoms with E-state index in [1.807, 2.05) is 18.9 Å². The van der Waals surface area contributed by atoms with E-state index in [-0.39, 0.29) is 23.7 Å². The Balaban J connectivity index is 1.75. The van der Waals surface area contributed by atoms with Gasteiger partial charge in [0.15, 0.2) is 0 Å². The van der Waals surface area contributed by atoms with Gasteiger partial charge < -0.3 is 10.2 Å². The number of hydrogen-bond donors (Lipinski definition) is 1. The number of aryl methyl sites for hydroxylation is 2. The molecule has 1 saturated carbocycles. The molecule has 138 valence electrons. The third-order valence-electron chi connectivity index (χ3n) is 5.80. The van der Waals surface area contributed by atoms with E-state index in [1.54, 1.807) is 4.68 Å². The highest BCUT2D eigenvalue weighted by molar-refractivity contribution is 5.96. The largest absolute Gasteiger partial charge is 0.342 e. The minimum Gasteiger partial charge on any atom is -0.342 e. The number of nitrogens with one attached hydrogen (secondary N) is 1. The molecule has 0 spiro atoms. The lowest BCUT2D eigenvalue weighted by atomic mass is 9.78. The molecule has 2 heterocycles. The van der Waals surface area contributed by atoms with E-state index in [2.05, 4.69) is 17.3 Å². The minimum absolute atomic E-state index is 0.0222. The average Bonchev–Trinajstić information content (AvgIpc) is 3.25. The molecular weight excluding hydrogens is 316 g/mol. The summed E-state index contributed by atoms with van der Waals surface area (Å²) in [5, 5.41) is 7.54. The molecule has 1 aliphatic carbocycles. The van der Waals surface area contributed by atoms with Crippen molar-refractivity contribution in [2.24, 2.45) is 18.9 Å². The van der Waals surface area contributed by atoms with Crippen LogP contribution in [-0.2, 0) is 23.1 Å². The second kappa shape index (κ2) is 7.58. The molecule has 6 nitrogen and oxygen atoms in total. The van der Waals surface area contributed by atoms with Crippen molar-refractivity contribution in [2.45, 2.75) is 58.8 Å². The van der Waals surface area contributed by atoms with Crippen LogP contribution in [0.4, 0.5) is 5.82 Å². The normalized spacial score (nSPS) is 23.7. The van der Waals surface area contributed by atoms with Gasteiger partial charge in [-0.05, 0) is 39.0 Å². The van der Waals surface area contributed by atoms with Crippen molar-refractivity contribution in [1.82, 2.24) is 14.7 Å². The van der Waals surface area contributed by atoms with Gasteiger partial charge in [0.2, 0.25) is 11.8 Å². The number of hydrogen-bond acceptors (Lipinski definition) is 3. The Morgan fingerprint density at radius 1 is 1.12 bits per heavy atom. The van der Waals surface area contributed by atoms with E-state index in [0.29, 0.717) is 0 Å². The summed E-state index contributed by atoms with van der Waals surface area (Å²) in [4.78, 5) is 27.8. The van der Waals surface area contributed by atoms with E-state index in [1.165, 1.54) is 0 Å². The van der Waals surface area contributed by atoms with E-state index in [9.17, 15) is 9.59 Å². The highest BCUT2D eigenvalue weighted by Crippen LogP contribution is 2.33. The van der Waals surface area contributed by atoms with Crippen LogP contribution in [0.2, 0.25) is 0 Å². The highest BCUT2D eigenvalue weighted by Gasteiger charge is 2.38. The topological polar surface area (TPSA) is 67.2 Å². The van der Waals surface area contributed by atoms with Crippen molar-refractivity contribution in [3.05, 3.63) is 11.3 Å². The van der Waals surface area contributed by atoms with Crippen LogP contribution in [0.15, 0.2) is 0 Å². The monoisotopic (exact) mass is 346 g/mol. The Labute approximate surface area is 149 Å². The summed E-state index contributed by atoms with van der Waals surface area (Å²) in [5.74, 6) is 0.548. The highest BCUT2D eigenvalue weighted by atomic mass is 16.2. The maximum atomic E-state index is 13.0. The molecule has 2 aliphatic rings. The predicted molar refractivity (Wildman–Crippen MR) is 97.2 cm³/mol. The first-order chi connectivity index (χ1) is 12.0. The van der Waals surface area contributed by atoms with Crippen molar-refractivity contribution < 1.29 is 9.59 Å². The maximum Gasteiger partial charge on any atom is 0.229 e. The molecule has 6 heteroatoms. The Morgan fingerprint density at radius 3 is 2.36 bits per heavy atom. The van der Waals surface area contributed by atoms with E-state index >= 15 is 0 Å². The molecule has 0 radical (unpaired) electrons. The summed E-state index contributed by atoms with van der Waals surface area (Å²) in [5.41, 5.74) is 2.03. The Morgan fingerprint density at radius 2 is 1.76 bits per heavy atom. The minimum atomic E-state index is -0.221. The molecule has 2 amide bonds.